The Kier molecular flexibility index (Phi) is 5.84. The second-order valence-corrected chi connectivity index (χ2v) is 14.6. The second kappa shape index (κ2) is 10.8. The molecule has 0 amide bonds. The Balaban J connectivity index is 1.26. The molecule has 0 atom stereocenters. The van der Waals surface area contributed by atoms with Crippen LogP contribution in [0, 0.1) is 0 Å². The van der Waals surface area contributed by atoms with Crippen LogP contribution in [-0.2, 0) is 0 Å². The molecule has 12 rings (SSSR count). The van der Waals surface area contributed by atoms with Crippen molar-refractivity contribution < 1.29 is 0 Å². The summed E-state index contributed by atoms with van der Waals surface area (Å²) in [6.07, 6.45) is 1.89. The lowest BCUT2D eigenvalue weighted by Crippen LogP contribution is -2.05. The van der Waals surface area contributed by atoms with Crippen LogP contribution in [0.25, 0.3) is 109 Å². The Labute approximate surface area is 305 Å². The molecule has 53 heavy (non-hydrogen) atoms. The molecule has 0 N–H and O–H groups in total. The molecule has 7 aromatic carbocycles. The van der Waals surface area contributed by atoms with E-state index >= 15 is 0 Å². The SMILES string of the molecule is c1ccc2nc(-n3c4ccccc4c4ccc5c6ccccc6n(-c6nc7ccccc7nc6-c6ccc7sc8ccccc8c7c6)c5c43)cnc2c1. The van der Waals surface area contributed by atoms with Gasteiger partial charge in [0.1, 0.15) is 5.69 Å². The van der Waals surface area contributed by atoms with Gasteiger partial charge in [0.2, 0.25) is 0 Å². The lowest BCUT2D eigenvalue weighted by molar-refractivity contribution is 1.06. The molecule has 0 spiro atoms. The molecule has 7 heteroatoms. The highest BCUT2D eigenvalue weighted by Crippen LogP contribution is 2.43. The van der Waals surface area contributed by atoms with Crippen LogP contribution >= 0.6 is 11.3 Å². The van der Waals surface area contributed by atoms with Gasteiger partial charge in [0.25, 0.3) is 0 Å². The van der Waals surface area contributed by atoms with E-state index in [1.54, 1.807) is 0 Å². The van der Waals surface area contributed by atoms with Gasteiger partial charge in [-0.05, 0) is 54.6 Å². The highest BCUT2D eigenvalue weighted by Gasteiger charge is 2.25. The standard InChI is InChI=1S/C46H26N6S/c1-8-18-38-28(11-1)31-22-23-32-29-12-2-9-19-39(29)52(45(32)44(31)51(38)42-26-47-34-14-4-5-15-35(34)48-42)46-43(49-36-16-6-7-17-37(36)50-46)27-21-24-41-33(25-27)30-13-3-10-20-40(30)53-41/h1-26H. The zero-order valence-electron chi connectivity index (χ0n) is 28.1. The van der Waals surface area contributed by atoms with Gasteiger partial charge in [0, 0.05) is 47.3 Å². The Morgan fingerprint density at radius 1 is 0.415 bits per heavy atom. The summed E-state index contributed by atoms with van der Waals surface area (Å²) in [5.41, 5.74) is 9.47. The quantitative estimate of drug-likeness (QED) is 0.185. The lowest BCUT2D eigenvalue weighted by Gasteiger charge is -2.15. The van der Waals surface area contributed by atoms with Crippen molar-refractivity contribution in [1.29, 1.82) is 0 Å². The molecule has 12 aromatic rings. The maximum Gasteiger partial charge on any atom is 0.165 e. The Morgan fingerprint density at radius 2 is 0.981 bits per heavy atom. The van der Waals surface area contributed by atoms with Crippen molar-refractivity contribution in [1.82, 2.24) is 29.1 Å². The van der Waals surface area contributed by atoms with Gasteiger partial charge in [-0.1, -0.05) is 97.1 Å². The molecular weight excluding hydrogens is 669 g/mol. The van der Waals surface area contributed by atoms with Gasteiger partial charge in [0.05, 0.1) is 50.3 Å². The first kappa shape index (κ1) is 28.7. The first-order chi connectivity index (χ1) is 26.3. The molecule has 6 nitrogen and oxygen atoms in total. The van der Waals surface area contributed by atoms with Gasteiger partial charge in [0.15, 0.2) is 11.6 Å². The highest BCUT2D eigenvalue weighted by molar-refractivity contribution is 7.25. The van der Waals surface area contributed by atoms with Gasteiger partial charge >= 0.3 is 0 Å². The Hall–Kier alpha value is -6.96. The van der Waals surface area contributed by atoms with Crippen molar-refractivity contribution >= 4 is 97.2 Å². The van der Waals surface area contributed by atoms with E-state index < -0.39 is 0 Å². The predicted molar refractivity (Wildman–Crippen MR) is 220 cm³/mol. The smallest absolute Gasteiger partial charge is 0.165 e. The van der Waals surface area contributed by atoms with E-state index in [0.717, 1.165) is 88.6 Å². The minimum absolute atomic E-state index is 0.763. The molecular formula is C46H26N6S. The van der Waals surface area contributed by atoms with E-state index in [-0.39, 0.29) is 0 Å². The number of rotatable bonds is 3. The van der Waals surface area contributed by atoms with Crippen molar-refractivity contribution in [2.75, 3.05) is 0 Å². The number of aromatic nitrogens is 6. The largest absolute Gasteiger partial charge is 0.290 e. The van der Waals surface area contributed by atoms with Crippen molar-refractivity contribution in [3.05, 3.63) is 158 Å². The average Bonchev–Trinajstić information content (AvgIpc) is 3.87. The molecule has 0 fully saturated rings. The highest BCUT2D eigenvalue weighted by atomic mass is 32.1. The fourth-order valence-electron chi connectivity index (χ4n) is 8.23. The minimum Gasteiger partial charge on any atom is -0.290 e. The second-order valence-electron chi connectivity index (χ2n) is 13.5. The fraction of sp³-hybridized carbons (Fsp3) is 0. The third-order valence-electron chi connectivity index (χ3n) is 10.5. The van der Waals surface area contributed by atoms with E-state index in [1.165, 1.54) is 20.2 Å². The number of para-hydroxylation sites is 6. The lowest BCUT2D eigenvalue weighted by atomic mass is 10.1. The maximum absolute atomic E-state index is 5.49. The Morgan fingerprint density at radius 3 is 1.74 bits per heavy atom. The number of thiophene rings is 1. The molecule has 0 aliphatic heterocycles. The molecule has 5 heterocycles. The summed E-state index contributed by atoms with van der Waals surface area (Å²) in [6.45, 7) is 0. The third kappa shape index (κ3) is 4.08. The third-order valence-corrected chi connectivity index (χ3v) is 11.7. The summed E-state index contributed by atoms with van der Waals surface area (Å²) < 4.78 is 7.14. The van der Waals surface area contributed by atoms with Crippen LogP contribution in [0.5, 0.6) is 0 Å². The predicted octanol–water partition coefficient (Wildman–Crippen LogP) is 11.8. The molecule has 0 aliphatic rings. The van der Waals surface area contributed by atoms with Crippen molar-refractivity contribution in [3.8, 4) is 22.9 Å². The number of fused-ring (bicyclic) bond motifs is 12. The molecule has 5 aromatic heterocycles. The zero-order chi connectivity index (χ0) is 34.6. The monoisotopic (exact) mass is 694 g/mol. The molecule has 246 valence electrons. The normalized spacial score (nSPS) is 12.2. The van der Waals surface area contributed by atoms with E-state index in [1.807, 2.05) is 53.9 Å². The van der Waals surface area contributed by atoms with Crippen LogP contribution in [0.4, 0.5) is 0 Å². The van der Waals surface area contributed by atoms with Gasteiger partial charge in [-0.2, -0.15) is 0 Å². The summed E-state index contributed by atoms with van der Waals surface area (Å²) in [4.78, 5) is 21.0. The van der Waals surface area contributed by atoms with Crippen LogP contribution in [0.15, 0.2) is 158 Å². The Bertz CT molecular complexity index is 3480. The molecule has 0 saturated heterocycles. The average molecular weight is 695 g/mol. The minimum atomic E-state index is 0.763. The number of benzene rings is 7. The first-order valence-electron chi connectivity index (χ1n) is 17.6. The van der Waals surface area contributed by atoms with E-state index in [0.29, 0.717) is 0 Å². The van der Waals surface area contributed by atoms with Crippen LogP contribution in [0.3, 0.4) is 0 Å². The van der Waals surface area contributed by atoms with Crippen LogP contribution < -0.4 is 0 Å². The molecule has 0 bridgehead atoms. The number of nitrogens with zero attached hydrogens (tertiary/aromatic N) is 6. The summed E-state index contributed by atoms with van der Waals surface area (Å²) in [5, 5.41) is 7.04. The van der Waals surface area contributed by atoms with E-state index in [9.17, 15) is 0 Å². The van der Waals surface area contributed by atoms with Crippen molar-refractivity contribution in [2.45, 2.75) is 0 Å². The number of hydrogen-bond acceptors (Lipinski definition) is 5. The van der Waals surface area contributed by atoms with Crippen LogP contribution in [-0.4, -0.2) is 29.1 Å². The van der Waals surface area contributed by atoms with Crippen molar-refractivity contribution in [3.63, 3.8) is 0 Å². The van der Waals surface area contributed by atoms with Gasteiger partial charge in [-0.25, -0.2) is 15.0 Å². The maximum atomic E-state index is 5.49. The summed E-state index contributed by atoms with van der Waals surface area (Å²) in [6, 6.07) is 53.3. The van der Waals surface area contributed by atoms with Gasteiger partial charge in [-0.3, -0.25) is 14.1 Å². The molecule has 0 radical (unpaired) electrons. The van der Waals surface area contributed by atoms with Crippen molar-refractivity contribution in [2.24, 2.45) is 0 Å². The summed E-state index contributed by atoms with van der Waals surface area (Å²) in [5.74, 6) is 1.54. The molecule has 0 unspecified atom stereocenters. The topological polar surface area (TPSA) is 61.4 Å². The fourth-order valence-corrected chi connectivity index (χ4v) is 9.31. The molecule has 0 saturated carbocycles. The van der Waals surface area contributed by atoms with E-state index in [2.05, 4.69) is 124 Å². The van der Waals surface area contributed by atoms with Gasteiger partial charge in [-0.15, -0.1) is 11.3 Å². The summed E-state index contributed by atoms with van der Waals surface area (Å²) in [7, 11) is 0. The van der Waals surface area contributed by atoms with Crippen LogP contribution in [0.1, 0.15) is 0 Å². The first-order valence-corrected chi connectivity index (χ1v) is 18.5. The molecule has 0 aliphatic carbocycles. The van der Waals surface area contributed by atoms with E-state index in [4.69, 9.17) is 19.9 Å². The van der Waals surface area contributed by atoms with Crippen LogP contribution in [0.2, 0.25) is 0 Å². The zero-order valence-corrected chi connectivity index (χ0v) is 28.9. The van der Waals surface area contributed by atoms with Gasteiger partial charge < -0.3 is 0 Å². The summed E-state index contributed by atoms with van der Waals surface area (Å²) >= 11 is 1.82. The number of hydrogen-bond donors (Lipinski definition) is 0.